The number of nitrogens with zero attached hydrogens (tertiary/aromatic N) is 5. The monoisotopic (exact) mass is 291 g/mol. The SMILES string of the molecule is C[C@H]1CN(c2ccncc2N)C[C@@H](NC(=O)O)[C@H]1N=[N+]=[N-]. The first-order valence-corrected chi connectivity index (χ1v) is 6.51. The Morgan fingerprint density at radius 1 is 1.67 bits per heavy atom. The van der Waals surface area contributed by atoms with Crippen molar-refractivity contribution in [3.8, 4) is 0 Å². The first kappa shape index (κ1) is 14.7. The average molecular weight is 291 g/mol. The molecule has 9 nitrogen and oxygen atoms in total. The largest absolute Gasteiger partial charge is 0.465 e. The van der Waals surface area contributed by atoms with Crippen LogP contribution in [-0.2, 0) is 0 Å². The molecule has 0 aliphatic carbocycles. The molecule has 21 heavy (non-hydrogen) atoms. The molecule has 1 aliphatic heterocycles. The number of carbonyl (C=O) groups is 1. The predicted octanol–water partition coefficient (Wildman–Crippen LogP) is 1.44. The van der Waals surface area contributed by atoms with Crippen LogP contribution < -0.4 is 16.0 Å². The van der Waals surface area contributed by atoms with E-state index < -0.39 is 18.2 Å². The molecular formula is C12H17N7O2. The number of carboxylic acid groups (broad SMARTS) is 1. The maximum atomic E-state index is 10.9. The van der Waals surface area contributed by atoms with Gasteiger partial charge < -0.3 is 21.1 Å². The summed E-state index contributed by atoms with van der Waals surface area (Å²) in [5, 5.41) is 15.1. The first-order valence-electron chi connectivity index (χ1n) is 6.51. The normalized spacial score (nSPS) is 25.0. The van der Waals surface area contributed by atoms with E-state index in [9.17, 15) is 4.79 Å². The third kappa shape index (κ3) is 3.26. The minimum Gasteiger partial charge on any atom is -0.465 e. The van der Waals surface area contributed by atoms with Gasteiger partial charge in [-0.1, -0.05) is 12.0 Å². The van der Waals surface area contributed by atoms with Crippen molar-refractivity contribution >= 4 is 17.5 Å². The van der Waals surface area contributed by atoms with Gasteiger partial charge in [-0.05, 0) is 17.5 Å². The number of piperidine rings is 1. The van der Waals surface area contributed by atoms with E-state index in [1.54, 1.807) is 18.5 Å². The summed E-state index contributed by atoms with van der Waals surface area (Å²) >= 11 is 0. The van der Waals surface area contributed by atoms with Crippen LogP contribution >= 0.6 is 0 Å². The van der Waals surface area contributed by atoms with Gasteiger partial charge in [0, 0.05) is 24.2 Å². The summed E-state index contributed by atoms with van der Waals surface area (Å²) < 4.78 is 0. The Balaban J connectivity index is 2.26. The predicted molar refractivity (Wildman–Crippen MR) is 77.9 cm³/mol. The summed E-state index contributed by atoms with van der Waals surface area (Å²) in [5.74, 6) is -0.0148. The Labute approximate surface area is 121 Å². The van der Waals surface area contributed by atoms with Gasteiger partial charge in [-0.25, -0.2) is 4.79 Å². The van der Waals surface area contributed by atoms with E-state index in [-0.39, 0.29) is 5.92 Å². The Hall–Kier alpha value is -2.67. The van der Waals surface area contributed by atoms with E-state index in [2.05, 4.69) is 20.3 Å². The van der Waals surface area contributed by atoms with Crippen molar-refractivity contribution in [2.45, 2.75) is 19.0 Å². The van der Waals surface area contributed by atoms with E-state index in [0.717, 1.165) is 5.69 Å². The zero-order valence-corrected chi connectivity index (χ0v) is 11.5. The van der Waals surface area contributed by atoms with Crippen LogP contribution in [0.5, 0.6) is 0 Å². The molecule has 1 aromatic rings. The number of pyridine rings is 1. The zero-order valence-electron chi connectivity index (χ0n) is 11.5. The number of hydrogen-bond donors (Lipinski definition) is 3. The Kier molecular flexibility index (Phi) is 4.34. The number of nitrogens with two attached hydrogens (primary N) is 1. The topological polar surface area (TPSA) is 140 Å². The maximum absolute atomic E-state index is 10.9. The van der Waals surface area contributed by atoms with Crippen LogP contribution in [0.1, 0.15) is 6.92 Å². The van der Waals surface area contributed by atoms with Crippen molar-refractivity contribution < 1.29 is 9.90 Å². The van der Waals surface area contributed by atoms with Crippen LogP contribution in [0.2, 0.25) is 0 Å². The Morgan fingerprint density at radius 3 is 3.05 bits per heavy atom. The zero-order chi connectivity index (χ0) is 15.4. The van der Waals surface area contributed by atoms with Crippen molar-refractivity contribution in [1.82, 2.24) is 10.3 Å². The van der Waals surface area contributed by atoms with E-state index in [0.29, 0.717) is 18.8 Å². The van der Waals surface area contributed by atoms with Gasteiger partial charge >= 0.3 is 6.09 Å². The highest BCUT2D eigenvalue weighted by Gasteiger charge is 2.35. The average Bonchev–Trinajstić information content (AvgIpc) is 2.42. The van der Waals surface area contributed by atoms with Gasteiger partial charge in [0.05, 0.1) is 29.7 Å². The molecule has 9 heteroatoms. The standard InChI is InChI=1S/C12H17N7O2/c1-7-5-19(10-2-3-15-4-8(10)13)6-9(16-12(20)21)11(7)17-18-14/h2-4,7,9,11,16H,5-6,13H2,1H3,(H,20,21)/t7-,9+,11-/m0/s1. The van der Waals surface area contributed by atoms with Crippen molar-refractivity contribution in [1.29, 1.82) is 0 Å². The van der Waals surface area contributed by atoms with Gasteiger partial charge in [0.25, 0.3) is 0 Å². The van der Waals surface area contributed by atoms with Crippen LogP contribution in [0.25, 0.3) is 10.4 Å². The van der Waals surface area contributed by atoms with Crippen molar-refractivity contribution in [3.05, 3.63) is 28.9 Å². The van der Waals surface area contributed by atoms with E-state index in [4.69, 9.17) is 16.4 Å². The van der Waals surface area contributed by atoms with Gasteiger partial charge in [-0.15, -0.1) is 0 Å². The second-order valence-electron chi connectivity index (χ2n) is 5.07. The summed E-state index contributed by atoms with van der Waals surface area (Å²) in [5.41, 5.74) is 15.9. The second kappa shape index (κ2) is 6.19. The van der Waals surface area contributed by atoms with Crippen molar-refractivity contribution in [3.63, 3.8) is 0 Å². The van der Waals surface area contributed by atoms with Crippen LogP contribution in [0, 0.1) is 5.92 Å². The number of aromatic nitrogens is 1. The second-order valence-corrected chi connectivity index (χ2v) is 5.07. The number of rotatable bonds is 3. The van der Waals surface area contributed by atoms with Crippen LogP contribution in [-0.4, -0.2) is 41.4 Å². The third-order valence-corrected chi connectivity index (χ3v) is 3.58. The minimum absolute atomic E-state index is 0.0148. The van der Waals surface area contributed by atoms with E-state index in [1.807, 2.05) is 11.8 Å². The highest BCUT2D eigenvalue weighted by atomic mass is 16.4. The molecule has 1 aromatic heterocycles. The molecule has 0 bridgehead atoms. The summed E-state index contributed by atoms with van der Waals surface area (Å²) in [6.45, 7) is 2.92. The van der Waals surface area contributed by atoms with Crippen molar-refractivity contribution in [2.24, 2.45) is 11.0 Å². The molecule has 0 aromatic carbocycles. The minimum atomic E-state index is -1.14. The Bertz CT molecular complexity index is 572. The fraction of sp³-hybridized carbons (Fsp3) is 0.500. The van der Waals surface area contributed by atoms with Gasteiger partial charge in [-0.2, -0.15) is 0 Å². The number of amides is 1. The third-order valence-electron chi connectivity index (χ3n) is 3.58. The maximum Gasteiger partial charge on any atom is 0.404 e. The first-order chi connectivity index (χ1) is 10.0. The molecular weight excluding hydrogens is 274 g/mol. The molecule has 112 valence electrons. The highest BCUT2D eigenvalue weighted by Crippen LogP contribution is 2.28. The summed E-state index contributed by atoms with van der Waals surface area (Å²) in [6.07, 6.45) is 2.05. The molecule has 1 fully saturated rings. The smallest absolute Gasteiger partial charge is 0.404 e. The molecule has 1 saturated heterocycles. The van der Waals surface area contributed by atoms with Gasteiger partial charge in [0.1, 0.15) is 0 Å². The molecule has 0 saturated carbocycles. The van der Waals surface area contributed by atoms with Gasteiger partial charge in [0.15, 0.2) is 0 Å². The van der Waals surface area contributed by atoms with Crippen LogP contribution in [0.3, 0.4) is 0 Å². The lowest BCUT2D eigenvalue weighted by Gasteiger charge is -2.41. The lowest BCUT2D eigenvalue weighted by Crippen LogP contribution is -2.58. The molecule has 0 radical (unpaired) electrons. The highest BCUT2D eigenvalue weighted by molar-refractivity contribution is 5.68. The lowest BCUT2D eigenvalue weighted by atomic mass is 9.90. The van der Waals surface area contributed by atoms with Gasteiger partial charge in [-0.3, -0.25) is 4.98 Å². The molecule has 1 amide bonds. The van der Waals surface area contributed by atoms with Crippen LogP contribution in [0.15, 0.2) is 23.6 Å². The number of nitrogens with one attached hydrogen (secondary N) is 1. The summed E-state index contributed by atoms with van der Waals surface area (Å²) in [7, 11) is 0. The summed E-state index contributed by atoms with van der Waals surface area (Å²) in [4.78, 5) is 19.7. The van der Waals surface area contributed by atoms with E-state index in [1.165, 1.54) is 0 Å². The molecule has 2 heterocycles. The summed E-state index contributed by atoms with van der Waals surface area (Å²) in [6, 6.07) is 0.869. The van der Waals surface area contributed by atoms with Crippen molar-refractivity contribution in [2.75, 3.05) is 23.7 Å². The number of azide groups is 1. The molecule has 3 atom stereocenters. The molecule has 0 spiro atoms. The quantitative estimate of drug-likeness (QED) is 0.439. The van der Waals surface area contributed by atoms with Crippen LogP contribution in [0.4, 0.5) is 16.2 Å². The number of hydrogen-bond acceptors (Lipinski definition) is 5. The number of anilines is 2. The molecule has 0 unspecified atom stereocenters. The van der Waals surface area contributed by atoms with Gasteiger partial charge in [0.2, 0.25) is 0 Å². The molecule has 1 aliphatic rings. The fourth-order valence-electron chi connectivity index (χ4n) is 2.70. The van der Waals surface area contributed by atoms with E-state index >= 15 is 0 Å². The molecule has 4 N–H and O–H groups in total. The fourth-order valence-corrected chi connectivity index (χ4v) is 2.70. The number of nitrogen functional groups attached to an aromatic ring is 1. The Morgan fingerprint density at radius 2 is 2.43 bits per heavy atom. The lowest BCUT2D eigenvalue weighted by molar-refractivity contribution is 0.182. The molecule has 2 rings (SSSR count).